The van der Waals surface area contributed by atoms with Crippen molar-refractivity contribution in [2.75, 3.05) is 6.54 Å². The van der Waals surface area contributed by atoms with Crippen LogP contribution in [0.5, 0.6) is 5.88 Å². The fourth-order valence-corrected chi connectivity index (χ4v) is 1.92. The van der Waals surface area contributed by atoms with Crippen molar-refractivity contribution in [2.24, 2.45) is 0 Å². The molecular weight excluding hydrogens is 270 g/mol. The van der Waals surface area contributed by atoms with Gasteiger partial charge in [-0.15, -0.1) is 0 Å². The van der Waals surface area contributed by atoms with Crippen LogP contribution in [-0.2, 0) is 6.42 Å². The zero-order chi connectivity index (χ0) is 14.5. The van der Waals surface area contributed by atoms with Crippen molar-refractivity contribution in [2.45, 2.75) is 6.42 Å². The van der Waals surface area contributed by atoms with E-state index >= 15 is 0 Å². The van der Waals surface area contributed by atoms with Crippen LogP contribution in [0.3, 0.4) is 0 Å². The molecule has 2 aromatic heterocycles. The third-order valence-corrected chi connectivity index (χ3v) is 2.97. The number of aromatic nitrogens is 2. The molecule has 0 fully saturated rings. The largest absolute Gasteiger partial charge is 0.414 e. The molecule has 6 heteroatoms. The zero-order valence-corrected chi connectivity index (χ0v) is 11.2. The molecule has 0 saturated carbocycles. The molecule has 0 aliphatic rings. The standard InChI is InChI=1S/C15H13N3O3/c19-15(17-10-7-11-5-8-16-9-6-11)20-14-12-3-1-2-4-13(12)21-18-14/h1-6,8-9H,7,10H2,(H,17,19). The first-order valence-electron chi connectivity index (χ1n) is 6.52. The summed E-state index contributed by atoms with van der Waals surface area (Å²) in [5.41, 5.74) is 1.68. The lowest BCUT2D eigenvalue weighted by Crippen LogP contribution is -2.28. The van der Waals surface area contributed by atoms with Crippen molar-refractivity contribution in [3.05, 3.63) is 54.4 Å². The molecule has 3 aromatic rings. The molecule has 6 nitrogen and oxygen atoms in total. The van der Waals surface area contributed by atoms with Gasteiger partial charge in [0.1, 0.15) is 0 Å². The van der Waals surface area contributed by atoms with Gasteiger partial charge in [0.15, 0.2) is 5.58 Å². The number of para-hydroxylation sites is 1. The lowest BCUT2D eigenvalue weighted by molar-refractivity contribution is 0.196. The number of fused-ring (bicyclic) bond motifs is 1. The first kappa shape index (κ1) is 13.1. The number of ether oxygens (including phenoxy) is 1. The molecule has 1 N–H and O–H groups in total. The maximum absolute atomic E-state index is 11.7. The van der Waals surface area contributed by atoms with Gasteiger partial charge < -0.3 is 14.6 Å². The van der Waals surface area contributed by atoms with Crippen LogP contribution in [0.4, 0.5) is 4.79 Å². The van der Waals surface area contributed by atoms with E-state index in [9.17, 15) is 4.79 Å². The molecule has 0 atom stereocenters. The molecule has 3 rings (SSSR count). The summed E-state index contributed by atoms with van der Waals surface area (Å²) >= 11 is 0. The van der Waals surface area contributed by atoms with E-state index in [1.807, 2.05) is 24.3 Å². The van der Waals surface area contributed by atoms with Gasteiger partial charge >= 0.3 is 6.09 Å². The van der Waals surface area contributed by atoms with Crippen molar-refractivity contribution in [3.8, 4) is 5.88 Å². The van der Waals surface area contributed by atoms with Crippen molar-refractivity contribution in [3.63, 3.8) is 0 Å². The zero-order valence-electron chi connectivity index (χ0n) is 11.2. The molecule has 0 saturated heterocycles. The summed E-state index contributed by atoms with van der Waals surface area (Å²) in [6.07, 6.45) is 3.59. The number of rotatable bonds is 4. The Bertz CT molecular complexity index is 740. The van der Waals surface area contributed by atoms with E-state index in [2.05, 4.69) is 15.5 Å². The summed E-state index contributed by atoms with van der Waals surface area (Å²) in [7, 11) is 0. The Balaban J connectivity index is 1.55. The summed E-state index contributed by atoms with van der Waals surface area (Å²) in [6.45, 7) is 0.471. The summed E-state index contributed by atoms with van der Waals surface area (Å²) < 4.78 is 10.2. The number of carbonyl (C=O) groups is 1. The number of nitrogens with zero attached hydrogens (tertiary/aromatic N) is 2. The summed E-state index contributed by atoms with van der Waals surface area (Å²) in [4.78, 5) is 15.7. The molecule has 0 aliphatic heterocycles. The smallest absolute Gasteiger partial charge is 0.387 e. The first-order chi connectivity index (χ1) is 10.3. The minimum Gasteiger partial charge on any atom is -0.387 e. The van der Waals surface area contributed by atoms with Gasteiger partial charge in [-0.3, -0.25) is 4.98 Å². The number of hydrogen-bond donors (Lipinski definition) is 1. The number of pyridine rings is 1. The average Bonchev–Trinajstić information content (AvgIpc) is 2.92. The van der Waals surface area contributed by atoms with Crippen LogP contribution in [-0.4, -0.2) is 22.8 Å². The van der Waals surface area contributed by atoms with Gasteiger partial charge in [-0.1, -0.05) is 12.1 Å². The maximum atomic E-state index is 11.7. The second-order valence-electron chi connectivity index (χ2n) is 4.41. The number of carbonyl (C=O) groups excluding carboxylic acids is 1. The molecule has 0 unspecified atom stereocenters. The second-order valence-corrected chi connectivity index (χ2v) is 4.41. The summed E-state index contributed by atoms with van der Waals surface area (Å²) in [5.74, 6) is 0.173. The van der Waals surface area contributed by atoms with Crippen LogP contribution in [0.1, 0.15) is 5.56 Å². The van der Waals surface area contributed by atoms with Crippen LogP contribution in [0.25, 0.3) is 11.0 Å². The van der Waals surface area contributed by atoms with E-state index in [-0.39, 0.29) is 5.88 Å². The van der Waals surface area contributed by atoms with Gasteiger partial charge in [-0.2, -0.15) is 0 Å². The molecule has 21 heavy (non-hydrogen) atoms. The van der Waals surface area contributed by atoms with Crippen molar-refractivity contribution >= 4 is 17.1 Å². The SMILES string of the molecule is O=C(NCCc1ccncc1)Oc1noc2ccccc12. The number of benzene rings is 1. The van der Waals surface area contributed by atoms with Crippen molar-refractivity contribution < 1.29 is 14.1 Å². The fraction of sp³-hybridized carbons (Fsp3) is 0.133. The van der Waals surface area contributed by atoms with E-state index in [0.29, 0.717) is 23.9 Å². The fourth-order valence-electron chi connectivity index (χ4n) is 1.92. The number of nitrogens with one attached hydrogen (secondary N) is 1. The monoisotopic (exact) mass is 283 g/mol. The van der Waals surface area contributed by atoms with E-state index in [1.165, 1.54) is 0 Å². The van der Waals surface area contributed by atoms with Gasteiger partial charge in [0.2, 0.25) is 0 Å². The highest BCUT2D eigenvalue weighted by Gasteiger charge is 2.12. The van der Waals surface area contributed by atoms with Crippen molar-refractivity contribution in [1.29, 1.82) is 0 Å². The third kappa shape index (κ3) is 3.17. The quantitative estimate of drug-likeness (QED) is 0.796. The van der Waals surface area contributed by atoms with Crippen LogP contribution in [0, 0.1) is 0 Å². The minimum atomic E-state index is -0.553. The topological polar surface area (TPSA) is 77.2 Å². The predicted octanol–water partition coefficient (Wildman–Crippen LogP) is 2.55. The first-order valence-corrected chi connectivity index (χ1v) is 6.52. The van der Waals surface area contributed by atoms with Gasteiger partial charge in [0.05, 0.1) is 5.39 Å². The Hall–Kier alpha value is -2.89. The van der Waals surface area contributed by atoms with Crippen LogP contribution in [0.2, 0.25) is 0 Å². The van der Waals surface area contributed by atoms with Gasteiger partial charge in [0.25, 0.3) is 5.88 Å². The Morgan fingerprint density at radius 2 is 2.00 bits per heavy atom. The van der Waals surface area contributed by atoms with Crippen molar-refractivity contribution in [1.82, 2.24) is 15.5 Å². The predicted molar refractivity (Wildman–Crippen MR) is 76.0 cm³/mol. The molecule has 106 valence electrons. The number of amides is 1. The van der Waals surface area contributed by atoms with E-state index < -0.39 is 6.09 Å². The van der Waals surface area contributed by atoms with Crippen LogP contribution < -0.4 is 10.1 Å². The Morgan fingerprint density at radius 3 is 2.86 bits per heavy atom. The summed E-state index contributed by atoms with van der Waals surface area (Å²) in [6, 6.07) is 11.0. The third-order valence-electron chi connectivity index (χ3n) is 2.97. The highest BCUT2D eigenvalue weighted by atomic mass is 16.6. The molecule has 0 radical (unpaired) electrons. The molecular formula is C15H13N3O3. The Morgan fingerprint density at radius 1 is 1.19 bits per heavy atom. The lowest BCUT2D eigenvalue weighted by Gasteiger charge is -2.04. The average molecular weight is 283 g/mol. The Labute approximate surface area is 120 Å². The Kier molecular flexibility index (Phi) is 3.77. The van der Waals surface area contributed by atoms with Gasteiger partial charge in [-0.05, 0) is 41.4 Å². The molecule has 0 aliphatic carbocycles. The molecule has 2 heterocycles. The van der Waals surface area contributed by atoms with Crippen LogP contribution >= 0.6 is 0 Å². The molecule has 1 aromatic carbocycles. The van der Waals surface area contributed by atoms with Gasteiger partial charge in [-0.25, -0.2) is 4.79 Å². The highest BCUT2D eigenvalue weighted by Crippen LogP contribution is 2.23. The van der Waals surface area contributed by atoms with Gasteiger partial charge in [0, 0.05) is 18.9 Å². The lowest BCUT2D eigenvalue weighted by atomic mass is 10.2. The minimum absolute atomic E-state index is 0.173. The highest BCUT2D eigenvalue weighted by molar-refractivity contribution is 5.84. The molecule has 0 spiro atoms. The second kappa shape index (κ2) is 6.04. The molecule has 0 bridgehead atoms. The van der Waals surface area contributed by atoms with E-state index in [4.69, 9.17) is 9.26 Å². The normalized spacial score (nSPS) is 10.5. The van der Waals surface area contributed by atoms with E-state index in [0.717, 1.165) is 5.56 Å². The van der Waals surface area contributed by atoms with E-state index in [1.54, 1.807) is 24.5 Å². The molecule has 1 amide bonds. The summed E-state index contributed by atoms with van der Waals surface area (Å²) in [5, 5.41) is 7.07. The number of hydrogen-bond acceptors (Lipinski definition) is 5. The van der Waals surface area contributed by atoms with Crippen LogP contribution in [0.15, 0.2) is 53.3 Å². The maximum Gasteiger partial charge on any atom is 0.414 e.